The molecule has 1 fully saturated rings. The fourth-order valence-electron chi connectivity index (χ4n) is 4.86. The molecule has 2 aliphatic rings. The van der Waals surface area contributed by atoms with Crippen molar-refractivity contribution in [3.63, 3.8) is 0 Å². The van der Waals surface area contributed by atoms with Gasteiger partial charge in [0.1, 0.15) is 12.6 Å². The van der Waals surface area contributed by atoms with Gasteiger partial charge >= 0.3 is 5.97 Å². The standard InChI is InChI=1S/C23H31ClN2O4/c1-6-17(20-25-22(3,4)13-30-20)26-19(15-7-9-16(24)10-8-15)14(2)11-23(5,21(26)29)12-18(27)28/h7-10,14,17,19H,6,11-13H2,1-5H3,(H,27,28)/t14-,17-,19-,23+/m0/s1. The van der Waals surface area contributed by atoms with Gasteiger partial charge in [0, 0.05) is 5.02 Å². The minimum absolute atomic E-state index is 0.0530. The largest absolute Gasteiger partial charge is 0.481 e. The molecule has 4 atom stereocenters. The lowest BCUT2D eigenvalue weighted by Gasteiger charge is -2.50. The molecular weight excluding hydrogens is 404 g/mol. The molecule has 0 spiro atoms. The Labute approximate surface area is 183 Å². The molecule has 6 nitrogen and oxygen atoms in total. The second kappa shape index (κ2) is 8.22. The molecule has 2 aliphatic heterocycles. The van der Waals surface area contributed by atoms with Crippen molar-refractivity contribution in [3.8, 4) is 0 Å². The first-order valence-electron chi connectivity index (χ1n) is 10.5. The van der Waals surface area contributed by atoms with Gasteiger partial charge < -0.3 is 14.7 Å². The number of aliphatic imine (C=N–C) groups is 1. The number of hydrogen-bond acceptors (Lipinski definition) is 4. The number of carboxylic acid groups (broad SMARTS) is 1. The van der Waals surface area contributed by atoms with E-state index in [1.54, 1.807) is 6.92 Å². The number of hydrogen-bond donors (Lipinski definition) is 1. The summed E-state index contributed by atoms with van der Waals surface area (Å²) in [6, 6.07) is 6.97. The molecule has 1 aromatic rings. The van der Waals surface area contributed by atoms with Crippen LogP contribution in [0.1, 0.15) is 65.5 Å². The number of piperidine rings is 1. The van der Waals surface area contributed by atoms with Crippen LogP contribution in [0.2, 0.25) is 5.02 Å². The van der Waals surface area contributed by atoms with Crippen LogP contribution < -0.4 is 0 Å². The van der Waals surface area contributed by atoms with Gasteiger partial charge in [0.05, 0.1) is 23.4 Å². The average molecular weight is 435 g/mol. The van der Waals surface area contributed by atoms with Gasteiger partial charge in [-0.15, -0.1) is 0 Å². The monoisotopic (exact) mass is 434 g/mol. The molecule has 7 heteroatoms. The van der Waals surface area contributed by atoms with Crippen LogP contribution in [0.3, 0.4) is 0 Å². The van der Waals surface area contributed by atoms with Crippen molar-refractivity contribution in [3.05, 3.63) is 34.9 Å². The molecule has 0 radical (unpaired) electrons. The number of amides is 1. The Morgan fingerprint density at radius 1 is 1.33 bits per heavy atom. The Morgan fingerprint density at radius 2 is 1.97 bits per heavy atom. The third kappa shape index (κ3) is 4.34. The van der Waals surface area contributed by atoms with Crippen LogP contribution >= 0.6 is 11.6 Å². The molecule has 0 bridgehead atoms. The molecule has 164 valence electrons. The quantitative estimate of drug-likeness (QED) is 0.702. The van der Waals surface area contributed by atoms with Crippen LogP contribution in [-0.4, -0.2) is 46.0 Å². The highest BCUT2D eigenvalue weighted by Gasteiger charge is 2.52. The number of likely N-dealkylation sites (tertiary alicyclic amines) is 1. The molecule has 1 amide bonds. The van der Waals surface area contributed by atoms with Crippen LogP contribution in [0.4, 0.5) is 0 Å². The van der Waals surface area contributed by atoms with Gasteiger partial charge in [-0.25, -0.2) is 4.99 Å². The van der Waals surface area contributed by atoms with Gasteiger partial charge in [-0.05, 0) is 50.3 Å². The van der Waals surface area contributed by atoms with Gasteiger partial charge in [-0.3, -0.25) is 9.59 Å². The summed E-state index contributed by atoms with van der Waals surface area (Å²) >= 11 is 6.09. The lowest BCUT2D eigenvalue weighted by molar-refractivity contribution is -0.161. The third-order valence-electron chi connectivity index (χ3n) is 6.11. The molecule has 2 heterocycles. The topological polar surface area (TPSA) is 79.2 Å². The minimum Gasteiger partial charge on any atom is -0.481 e. The maximum atomic E-state index is 13.8. The SMILES string of the molecule is CC[C@@H](C1=NC(C)(C)CO1)N1C(=O)[C@@](C)(CC(=O)O)C[C@H](C)[C@H]1c1ccc(Cl)cc1. The Hall–Kier alpha value is -2.08. The van der Waals surface area contributed by atoms with Crippen molar-refractivity contribution in [2.75, 3.05) is 6.61 Å². The first-order valence-corrected chi connectivity index (χ1v) is 10.9. The molecule has 1 saturated heterocycles. The zero-order chi connectivity index (χ0) is 22.3. The maximum absolute atomic E-state index is 13.8. The van der Waals surface area contributed by atoms with Crippen LogP contribution in [0, 0.1) is 11.3 Å². The number of carboxylic acids is 1. The maximum Gasteiger partial charge on any atom is 0.304 e. The molecule has 0 aromatic heterocycles. The lowest BCUT2D eigenvalue weighted by Crippen LogP contribution is -2.58. The fourth-order valence-corrected chi connectivity index (χ4v) is 4.99. The zero-order valence-electron chi connectivity index (χ0n) is 18.3. The van der Waals surface area contributed by atoms with Gasteiger partial charge in [-0.2, -0.15) is 0 Å². The summed E-state index contributed by atoms with van der Waals surface area (Å²) in [7, 11) is 0. The Morgan fingerprint density at radius 3 is 2.47 bits per heavy atom. The second-order valence-corrected chi connectivity index (χ2v) is 9.93. The summed E-state index contributed by atoms with van der Waals surface area (Å²) in [5.41, 5.74) is -0.335. The summed E-state index contributed by atoms with van der Waals surface area (Å²) in [6.07, 6.45) is 0.924. The van der Waals surface area contributed by atoms with Crippen LogP contribution in [0.25, 0.3) is 0 Å². The van der Waals surface area contributed by atoms with Crippen LogP contribution in [0.5, 0.6) is 0 Å². The van der Waals surface area contributed by atoms with E-state index in [9.17, 15) is 14.7 Å². The van der Waals surface area contributed by atoms with Crippen molar-refractivity contribution >= 4 is 29.4 Å². The van der Waals surface area contributed by atoms with E-state index in [0.29, 0.717) is 30.4 Å². The Bertz CT molecular complexity index is 851. The number of carbonyl (C=O) groups excluding carboxylic acids is 1. The lowest BCUT2D eigenvalue weighted by atomic mass is 9.69. The van der Waals surface area contributed by atoms with E-state index in [4.69, 9.17) is 21.3 Å². The third-order valence-corrected chi connectivity index (χ3v) is 6.36. The molecule has 3 rings (SSSR count). The van der Waals surface area contributed by atoms with Crippen LogP contribution in [-0.2, 0) is 14.3 Å². The highest BCUT2D eigenvalue weighted by Crippen LogP contribution is 2.48. The van der Waals surface area contributed by atoms with Crippen molar-refractivity contribution in [1.29, 1.82) is 0 Å². The van der Waals surface area contributed by atoms with Crippen LogP contribution in [0.15, 0.2) is 29.3 Å². The highest BCUT2D eigenvalue weighted by atomic mass is 35.5. The summed E-state index contributed by atoms with van der Waals surface area (Å²) in [5.74, 6) is -0.517. The summed E-state index contributed by atoms with van der Waals surface area (Å²) < 4.78 is 5.93. The molecule has 1 aromatic carbocycles. The van der Waals surface area contributed by atoms with E-state index in [-0.39, 0.29) is 35.9 Å². The smallest absolute Gasteiger partial charge is 0.304 e. The van der Waals surface area contributed by atoms with E-state index in [0.717, 1.165) is 5.56 Å². The van der Waals surface area contributed by atoms with E-state index < -0.39 is 11.4 Å². The van der Waals surface area contributed by atoms with E-state index in [1.807, 2.05) is 49.9 Å². The molecule has 0 unspecified atom stereocenters. The van der Waals surface area contributed by atoms with Gasteiger partial charge in [-0.1, -0.05) is 44.5 Å². The predicted molar refractivity (Wildman–Crippen MR) is 117 cm³/mol. The first kappa shape index (κ1) is 22.6. The number of benzene rings is 1. The van der Waals surface area contributed by atoms with E-state index >= 15 is 0 Å². The second-order valence-electron chi connectivity index (χ2n) is 9.50. The number of halogens is 1. The van der Waals surface area contributed by atoms with Crippen molar-refractivity contribution < 1.29 is 19.4 Å². The molecule has 0 saturated carbocycles. The average Bonchev–Trinajstić information content (AvgIpc) is 3.00. The fraction of sp³-hybridized carbons (Fsp3) is 0.609. The summed E-state index contributed by atoms with van der Waals surface area (Å²) in [4.78, 5) is 32.0. The summed E-state index contributed by atoms with van der Waals surface area (Å²) in [5, 5.41) is 10.1. The van der Waals surface area contributed by atoms with Gasteiger partial charge in [0.15, 0.2) is 0 Å². The van der Waals surface area contributed by atoms with Gasteiger partial charge in [0.25, 0.3) is 0 Å². The normalized spacial score (nSPS) is 29.3. The predicted octanol–water partition coefficient (Wildman–Crippen LogP) is 4.72. The summed E-state index contributed by atoms with van der Waals surface area (Å²) in [6.45, 7) is 10.3. The number of carbonyl (C=O) groups is 2. The molecule has 0 aliphatic carbocycles. The molecule has 1 N–H and O–H groups in total. The minimum atomic E-state index is -0.976. The van der Waals surface area contributed by atoms with E-state index in [1.165, 1.54) is 0 Å². The Balaban J connectivity index is 2.10. The van der Waals surface area contributed by atoms with Gasteiger partial charge in [0.2, 0.25) is 11.8 Å². The number of ether oxygens (including phenoxy) is 1. The Kier molecular flexibility index (Phi) is 6.19. The molecular formula is C23H31ClN2O4. The number of rotatable bonds is 6. The first-order chi connectivity index (χ1) is 14.0. The zero-order valence-corrected chi connectivity index (χ0v) is 19.1. The van der Waals surface area contributed by atoms with E-state index in [2.05, 4.69) is 6.92 Å². The van der Waals surface area contributed by atoms with Crippen molar-refractivity contribution in [1.82, 2.24) is 4.90 Å². The molecule has 30 heavy (non-hydrogen) atoms. The highest BCUT2D eigenvalue weighted by molar-refractivity contribution is 6.30. The number of nitrogens with zero attached hydrogens (tertiary/aromatic N) is 2. The number of aliphatic carboxylic acids is 1. The van der Waals surface area contributed by atoms with Crippen molar-refractivity contribution in [2.45, 2.75) is 71.5 Å². The van der Waals surface area contributed by atoms with Crippen molar-refractivity contribution in [2.24, 2.45) is 16.3 Å².